The number of sulfonamides is 2. The summed E-state index contributed by atoms with van der Waals surface area (Å²) in [6, 6.07) is 12.0. The third-order valence-electron chi connectivity index (χ3n) is 4.54. The van der Waals surface area contributed by atoms with Gasteiger partial charge in [-0.3, -0.25) is 4.79 Å². The molecular weight excluding hydrogens is 518 g/mol. The van der Waals surface area contributed by atoms with Crippen LogP contribution >= 0.6 is 15.9 Å². The van der Waals surface area contributed by atoms with E-state index in [9.17, 15) is 21.6 Å². The predicted molar refractivity (Wildman–Crippen MR) is 128 cm³/mol. The number of rotatable bonds is 13. The molecular formula is C21H28BrN3O5S2. The summed E-state index contributed by atoms with van der Waals surface area (Å²) in [6.07, 6.45) is 3.84. The second-order valence-electron chi connectivity index (χ2n) is 7.13. The molecule has 2 aromatic rings. The Morgan fingerprint density at radius 1 is 0.781 bits per heavy atom. The molecule has 2 aromatic carbocycles. The fourth-order valence-corrected chi connectivity index (χ4v) is 5.15. The molecule has 0 aliphatic heterocycles. The molecule has 0 aliphatic carbocycles. The second kappa shape index (κ2) is 12.4. The zero-order valence-corrected chi connectivity index (χ0v) is 21.0. The van der Waals surface area contributed by atoms with E-state index in [2.05, 4.69) is 37.6 Å². The third kappa shape index (κ3) is 8.62. The lowest BCUT2D eigenvalue weighted by Gasteiger charge is -2.09. The number of benzene rings is 2. The summed E-state index contributed by atoms with van der Waals surface area (Å²) >= 11 is 3.24. The topological polar surface area (TPSA) is 121 Å². The first-order chi connectivity index (χ1) is 15.1. The summed E-state index contributed by atoms with van der Waals surface area (Å²) < 4.78 is 54.8. The van der Waals surface area contributed by atoms with Gasteiger partial charge in [-0.05, 0) is 55.0 Å². The number of anilines is 1. The minimum absolute atomic E-state index is 0.0708. The SMILES string of the molecule is CCCCCCNS(=O)(=O)c1ccc(NC(=O)CCNS(=O)(=O)c2ccc(Br)cc2)cc1. The molecule has 0 fully saturated rings. The van der Waals surface area contributed by atoms with Gasteiger partial charge >= 0.3 is 0 Å². The molecule has 0 spiro atoms. The van der Waals surface area contributed by atoms with Gasteiger partial charge in [-0.1, -0.05) is 42.1 Å². The van der Waals surface area contributed by atoms with E-state index in [0.29, 0.717) is 12.2 Å². The Morgan fingerprint density at radius 3 is 1.88 bits per heavy atom. The number of nitrogens with one attached hydrogen (secondary N) is 3. The summed E-state index contributed by atoms with van der Waals surface area (Å²) in [6.45, 7) is 2.41. The first-order valence-corrected chi connectivity index (χ1v) is 14.0. The van der Waals surface area contributed by atoms with Gasteiger partial charge in [0.05, 0.1) is 9.79 Å². The van der Waals surface area contributed by atoms with Gasteiger partial charge in [0.2, 0.25) is 26.0 Å². The standard InChI is InChI=1S/C21H28BrN3O5S2/c1-2-3-4-5-15-23-31(27,28)20-12-8-18(9-13-20)25-21(26)14-16-24-32(29,30)19-10-6-17(22)7-11-19/h6-13,23-24H,2-5,14-16H2,1H3,(H,25,26). The highest BCUT2D eigenvalue weighted by atomic mass is 79.9. The lowest BCUT2D eigenvalue weighted by atomic mass is 10.2. The molecule has 176 valence electrons. The predicted octanol–water partition coefficient (Wildman–Crippen LogP) is 3.61. The summed E-state index contributed by atoms with van der Waals surface area (Å²) in [7, 11) is -7.30. The van der Waals surface area contributed by atoms with E-state index in [1.165, 1.54) is 36.4 Å². The van der Waals surface area contributed by atoms with Crippen LogP contribution in [0.5, 0.6) is 0 Å². The van der Waals surface area contributed by atoms with Crippen molar-refractivity contribution in [1.29, 1.82) is 0 Å². The molecule has 0 saturated heterocycles. The Hall–Kier alpha value is -1.79. The second-order valence-corrected chi connectivity index (χ2v) is 11.6. The van der Waals surface area contributed by atoms with Crippen LogP contribution in [0.3, 0.4) is 0 Å². The number of unbranched alkanes of at least 4 members (excludes halogenated alkanes) is 3. The van der Waals surface area contributed by atoms with E-state index in [-0.39, 0.29) is 22.8 Å². The maximum absolute atomic E-state index is 12.3. The highest BCUT2D eigenvalue weighted by molar-refractivity contribution is 9.10. The van der Waals surface area contributed by atoms with Gasteiger partial charge in [0.15, 0.2) is 0 Å². The van der Waals surface area contributed by atoms with Crippen LogP contribution in [0.25, 0.3) is 0 Å². The first kappa shape index (κ1) is 26.5. The van der Waals surface area contributed by atoms with Gasteiger partial charge < -0.3 is 5.32 Å². The van der Waals surface area contributed by atoms with E-state index < -0.39 is 26.0 Å². The molecule has 32 heavy (non-hydrogen) atoms. The minimum Gasteiger partial charge on any atom is -0.326 e. The Bertz CT molecular complexity index is 1090. The van der Waals surface area contributed by atoms with Crippen molar-refractivity contribution in [3.63, 3.8) is 0 Å². The lowest BCUT2D eigenvalue weighted by molar-refractivity contribution is -0.116. The molecule has 0 heterocycles. The van der Waals surface area contributed by atoms with Crippen molar-refractivity contribution in [1.82, 2.24) is 9.44 Å². The normalized spacial score (nSPS) is 11.9. The molecule has 0 bridgehead atoms. The van der Waals surface area contributed by atoms with Crippen LogP contribution in [0.15, 0.2) is 62.8 Å². The molecule has 0 atom stereocenters. The number of hydrogen-bond donors (Lipinski definition) is 3. The maximum Gasteiger partial charge on any atom is 0.240 e. The van der Waals surface area contributed by atoms with Gasteiger partial charge in [-0.15, -0.1) is 0 Å². The number of hydrogen-bond acceptors (Lipinski definition) is 5. The number of carbonyl (C=O) groups excluding carboxylic acids is 1. The smallest absolute Gasteiger partial charge is 0.240 e. The molecule has 0 aromatic heterocycles. The van der Waals surface area contributed by atoms with E-state index in [1.54, 1.807) is 12.1 Å². The highest BCUT2D eigenvalue weighted by Crippen LogP contribution is 2.16. The summed E-state index contributed by atoms with van der Waals surface area (Å²) in [5.74, 6) is -0.395. The van der Waals surface area contributed by atoms with Crippen LogP contribution < -0.4 is 14.8 Å². The molecule has 8 nitrogen and oxygen atoms in total. The van der Waals surface area contributed by atoms with Crippen LogP contribution in [0.1, 0.15) is 39.0 Å². The highest BCUT2D eigenvalue weighted by Gasteiger charge is 2.15. The van der Waals surface area contributed by atoms with Gasteiger partial charge in [0.1, 0.15) is 0 Å². The average molecular weight is 547 g/mol. The Kier molecular flexibility index (Phi) is 10.3. The van der Waals surface area contributed by atoms with Gasteiger partial charge in [-0.25, -0.2) is 26.3 Å². The van der Waals surface area contributed by atoms with E-state index in [4.69, 9.17) is 0 Å². The molecule has 2 rings (SSSR count). The molecule has 11 heteroatoms. The maximum atomic E-state index is 12.3. The van der Waals surface area contributed by atoms with Crippen LogP contribution in [0, 0.1) is 0 Å². The largest absolute Gasteiger partial charge is 0.326 e. The number of halogens is 1. The summed E-state index contributed by atoms with van der Waals surface area (Å²) in [5.41, 5.74) is 0.424. The van der Waals surface area contributed by atoms with Crippen molar-refractivity contribution < 1.29 is 21.6 Å². The fourth-order valence-electron chi connectivity index (χ4n) is 2.78. The van der Waals surface area contributed by atoms with Crippen LogP contribution in [0.4, 0.5) is 5.69 Å². The molecule has 0 unspecified atom stereocenters. The van der Waals surface area contributed by atoms with Crippen molar-refractivity contribution >= 4 is 47.6 Å². The quantitative estimate of drug-likeness (QED) is 0.332. The molecule has 0 radical (unpaired) electrons. The summed E-state index contributed by atoms with van der Waals surface area (Å²) in [4.78, 5) is 12.3. The molecule has 0 saturated carbocycles. The summed E-state index contributed by atoms with van der Waals surface area (Å²) in [5, 5.41) is 2.63. The van der Waals surface area contributed by atoms with Gasteiger partial charge in [0.25, 0.3) is 0 Å². The monoisotopic (exact) mass is 545 g/mol. The Morgan fingerprint density at radius 2 is 1.31 bits per heavy atom. The minimum atomic E-state index is -3.71. The molecule has 1 amide bonds. The number of carbonyl (C=O) groups is 1. The van der Waals surface area contributed by atoms with E-state index in [1.807, 2.05) is 0 Å². The van der Waals surface area contributed by atoms with Crippen molar-refractivity contribution in [3.05, 3.63) is 53.0 Å². The Balaban J connectivity index is 1.81. The fraction of sp³-hybridized carbons (Fsp3) is 0.381. The van der Waals surface area contributed by atoms with Crippen LogP contribution in [-0.2, 0) is 24.8 Å². The van der Waals surface area contributed by atoms with Crippen LogP contribution in [0.2, 0.25) is 0 Å². The van der Waals surface area contributed by atoms with E-state index >= 15 is 0 Å². The van der Waals surface area contributed by atoms with Crippen molar-refractivity contribution in [2.24, 2.45) is 0 Å². The molecule has 3 N–H and O–H groups in total. The van der Waals surface area contributed by atoms with E-state index in [0.717, 1.165) is 30.2 Å². The average Bonchev–Trinajstić information content (AvgIpc) is 2.74. The van der Waals surface area contributed by atoms with Crippen molar-refractivity contribution in [2.45, 2.75) is 48.8 Å². The van der Waals surface area contributed by atoms with Gasteiger partial charge in [0, 0.05) is 29.7 Å². The Labute approximate surface area is 198 Å². The van der Waals surface area contributed by atoms with Crippen LogP contribution in [-0.4, -0.2) is 35.8 Å². The van der Waals surface area contributed by atoms with Crippen molar-refractivity contribution in [2.75, 3.05) is 18.4 Å². The first-order valence-electron chi connectivity index (χ1n) is 10.3. The van der Waals surface area contributed by atoms with Crippen molar-refractivity contribution in [3.8, 4) is 0 Å². The molecule has 0 aliphatic rings. The number of amides is 1. The lowest BCUT2D eigenvalue weighted by Crippen LogP contribution is -2.27. The third-order valence-corrected chi connectivity index (χ3v) is 8.02. The van der Waals surface area contributed by atoms with Gasteiger partial charge in [-0.2, -0.15) is 0 Å². The zero-order chi connectivity index (χ0) is 23.6. The zero-order valence-electron chi connectivity index (χ0n) is 17.8.